The highest BCUT2D eigenvalue weighted by atomic mass is 32.1. The number of benzene rings is 1. The third-order valence-corrected chi connectivity index (χ3v) is 8.62. The average Bonchev–Trinajstić information content (AvgIpc) is 3.48. The molecule has 0 saturated heterocycles. The molecule has 1 amide bonds. The van der Waals surface area contributed by atoms with Crippen LogP contribution in [0, 0.1) is 0 Å². The monoisotopic (exact) mass is 469 g/mol. The smallest absolute Gasteiger partial charge is 0.341 e. The molecule has 4 aromatic rings. The van der Waals surface area contributed by atoms with Crippen molar-refractivity contribution < 1.29 is 14.3 Å². The second-order valence-electron chi connectivity index (χ2n) is 7.29. The van der Waals surface area contributed by atoms with E-state index in [1.54, 1.807) is 17.4 Å². The number of nitrogens with zero attached hydrogens (tertiary/aromatic N) is 2. The number of fused-ring (bicyclic) bond motifs is 2. The van der Waals surface area contributed by atoms with Crippen molar-refractivity contribution in [1.29, 1.82) is 0 Å². The van der Waals surface area contributed by atoms with Crippen LogP contribution in [0.15, 0.2) is 36.4 Å². The molecule has 4 heterocycles. The lowest BCUT2D eigenvalue weighted by Gasteiger charge is -2.22. The highest BCUT2D eigenvalue weighted by Crippen LogP contribution is 2.39. The van der Waals surface area contributed by atoms with Crippen molar-refractivity contribution in [3.63, 3.8) is 0 Å². The van der Waals surface area contributed by atoms with Crippen LogP contribution < -0.4 is 5.32 Å². The van der Waals surface area contributed by atoms with Crippen LogP contribution in [0.4, 0.5) is 5.00 Å². The maximum atomic E-state index is 13.0. The van der Waals surface area contributed by atoms with Gasteiger partial charge in [-0.15, -0.1) is 34.0 Å². The van der Waals surface area contributed by atoms with Crippen LogP contribution in [0.2, 0.25) is 0 Å². The summed E-state index contributed by atoms with van der Waals surface area (Å²) in [6, 6.07) is 11.7. The van der Waals surface area contributed by atoms with Gasteiger partial charge in [-0.1, -0.05) is 12.1 Å². The van der Waals surface area contributed by atoms with Crippen molar-refractivity contribution in [2.24, 2.45) is 0 Å². The maximum Gasteiger partial charge on any atom is 0.341 e. The molecule has 1 aliphatic heterocycles. The van der Waals surface area contributed by atoms with E-state index in [0.29, 0.717) is 15.4 Å². The lowest BCUT2D eigenvalue weighted by molar-refractivity contribution is 0.0600. The average molecular weight is 470 g/mol. The molecule has 0 radical (unpaired) electrons. The summed E-state index contributed by atoms with van der Waals surface area (Å²) in [5.41, 5.74) is 2.44. The molecule has 1 N–H and O–H groups in total. The number of thiophene rings is 2. The number of methoxy groups -OCH3 is 1. The number of thiazole rings is 1. The highest BCUT2D eigenvalue weighted by molar-refractivity contribution is 7.26. The van der Waals surface area contributed by atoms with E-state index >= 15 is 0 Å². The number of ether oxygens (including phenoxy) is 1. The summed E-state index contributed by atoms with van der Waals surface area (Å²) >= 11 is 4.47. The van der Waals surface area contributed by atoms with Crippen LogP contribution in [0.3, 0.4) is 0 Å². The van der Waals surface area contributed by atoms with E-state index in [9.17, 15) is 9.59 Å². The van der Waals surface area contributed by atoms with Crippen LogP contribution in [-0.4, -0.2) is 42.5 Å². The number of rotatable bonds is 4. The van der Waals surface area contributed by atoms with Crippen LogP contribution in [0.1, 0.15) is 30.5 Å². The SMILES string of the molecule is COC(=O)c1c(NC(=O)c2ccc(-c3nc4ccccc4s3)s2)sc2c1CCN(C)C2. The maximum absolute atomic E-state index is 13.0. The van der Waals surface area contributed by atoms with Crippen molar-refractivity contribution in [2.45, 2.75) is 13.0 Å². The number of amides is 1. The third kappa shape index (κ3) is 3.78. The first-order chi connectivity index (χ1) is 15.0. The van der Waals surface area contributed by atoms with Crippen molar-refractivity contribution in [3.8, 4) is 9.88 Å². The second-order valence-corrected chi connectivity index (χ2v) is 10.5. The fourth-order valence-electron chi connectivity index (χ4n) is 3.65. The van der Waals surface area contributed by atoms with Crippen molar-refractivity contribution in [3.05, 3.63) is 57.3 Å². The molecule has 0 aliphatic carbocycles. The minimum absolute atomic E-state index is 0.227. The zero-order valence-electron chi connectivity index (χ0n) is 16.9. The largest absolute Gasteiger partial charge is 0.465 e. The van der Waals surface area contributed by atoms with Crippen LogP contribution in [-0.2, 0) is 17.7 Å². The molecule has 31 heavy (non-hydrogen) atoms. The first kappa shape index (κ1) is 20.3. The molecule has 5 rings (SSSR count). The van der Waals surface area contributed by atoms with E-state index in [2.05, 4.69) is 15.2 Å². The Bertz CT molecular complexity index is 1270. The molecule has 9 heteroatoms. The van der Waals surface area contributed by atoms with Gasteiger partial charge in [-0.2, -0.15) is 0 Å². The third-order valence-electron chi connectivity index (χ3n) is 5.20. The molecular weight excluding hydrogens is 450 g/mol. The lowest BCUT2D eigenvalue weighted by atomic mass is 10.0. The van der Waals surface area contributed by atoms with E-state index in [1.165, 1.54) is 29.8 Å². The Morgan fingerprint density at radius 2 is 1.97 bits per heavy atom. The first-order valence-electron chi connectivity index (χ1n) is 9.72. The molecule has 0 saturated carbocycles. The minimum Gasteiger partial charge on any atom is -0.465 e. The standard InChI is InChI=1S/C22H19N3O3S3/c1-25-10-9-12-17(11-25)31-21(18(12)22(27)28-2)24-19(26)15-7-8-16(29-15)20-23-13-5-3-4-6-14(13)30-20/h3-8H,9-11H2,1-2H3,(H,24,26). The number of likely N-dealkylation sites (N-methyl/N-ethyl adjacent to an activating group) is 1. The zero-order valence-corrected chi connectivity index (χ0v) is 19.4. The Morgan fingerprint density at radius 3 is 2.77 bits per heavy atom. The molecule has 0 unspecified atom stereocenters. The zero-order chi connectivity index (χ0) is 21.5. The van der Waals surface area contributed by atoms with Gasteiger partial charge in [-0.25, -0.2) is 9.78 Å². The number of anilines is 1. The fourth-order valence-corrected chi connectivity index (χ4v) is 6.89. The Morgan fingerprint density at radius 1 is 1.13 bits per heavy atom. The number of para-hydroxylation sites is 1. The van der Waals surface area contributed by atoms with Gasteiger partial charge in [-0.05, 0) is 43.3 Å². The number of carbonyl (C=O) groups is 2. The summed E-state index contributed by atoms with van der Waals surface area (Å²) in [5.74, 6) is -0.631. The number of nitrogens with one attached hydrogen (secondary N) is 1. The van der Waals surface area contributed by atoms with E-state index in [1.807, 2.05) is 37.4 Å². The lowest BCUT2D eigenvalue weighted by Crippen LogP contribution is -2.26. The van der Waals surface area contributed by atoms with E-state index < -0.39 is 5.97 Å². The molecule has 6 nitrogen and oxygen atoms in total. The van der Waals surface area contributed by atoms with Gasteiger partial charge < -0.3 is 15.0 Å². The van der Waals surface area contributed by atoms with Gasteiger partial charge in [-0.3, -0.25) is 4.79 Å². The number of esters is 1. The van der Waals surface area contributed by atoms with Gasteiger partial charge in [0.25, 0.3) is 5.91 Å². The van der Waals surface area contributed by atoms with Gasteiger partial charge in [0.1, 0.15) is 10.0 Å². The van der Waals surface area contributed by atoms with Gasteiger partial charge in [0, 0.05) is 18.0 Å². The topological polar surface area (TPSA) is 71.5 Å². The molecule has 1 aliphatic rings. The number of carbonyl (C=O) groups excluding carboxylic acids is 2. The van der Waals surface area contributed by atoms with Gasteiger partial charge in [0.05, 0.1) is 32.6 Å². The number of hydrogen-bond donors (Lipinski definition) is 1. The van der Waals surface area contributed by atoms with Crippen molar-refractivity contribution in [2.75, 3.05) is 26.0 Å². The van der Waals surface area contributed by atoms with Gasteiger partial charge in [0.15, 0.2) is 0 Å². The first-order valence-corrected chi connectivity index (χ1v) is 12.2. The summed E-state index contributed by atoms with van der Waals surface area (Å²) in [5, 5.41) is 4.42. The predicted molar refractivity (Wildman–Crippen MR) is 127 cm³/mol. The molecule has 0 fully saturated rings. The van der Waals surface area contributed by atoms with Crippen LogP contribution in [0.25, 0.3) is 20.1 Å². The van der Waals surface area contributed by atoms with Gasteiger partial charge >= 0.3 is 5.97 Å². The van der Waals surface area contributed by atoms with Crippen LogP contribution in [0.5, 0.6) is 0 Å². The summed E-state index contributed by atoms with van der Waals surface area (Å²) in [6.07, 6.45) is 0.767. The molecule has 0 atom stereocenters. The number of hydrogen-bond acceptors (Lipinski definition) is 8. The van der Waals surface area contributed by atoms with E-state index in [-0.39, 0.29) is 5.91 Å². The Hall–Kier alpha value is -2.59. The van der Waals surface area contributed by atoms with E-state index in [4.69, 9.17) is 4.74 Å². The molecule has 1 aromatic carbocycles. The number of aromatic nitrogens is 1. The predicted octanol–water partition coefficient (Wildman–Crippen LogP) is 5.11. The van der Waals surface area contributed by atoms with Crippen LogP contribution >= 0.6 is 34.0 Å². The van der Waals surface area contributed by atoms with Crippen molar-refractivity contribution >= 4 is 61.1 Å². The minimum atomic E-state index is -0.404. The fraction of sp³-hybridized carbons (Fsp3) is 0.227. The quantitative estimate of drug-likeness (QED) is 0.421. The Kier molecular flexibility index (Phi) is 5.35. The highest BCUT2D eigenvalue weighted by Gasteiger charge is 2.28. The molecule has 3 aromatic heterocycles. The van der Waals surface area contributed by atoms with E-state index in [0.717, 1.165) is 50.1 Å². The summed E-state index contributed by atoms with van der Waals surface area (Å²) in [6.45, 7) is 1.64. The normalized spacial score (nSPS) is 13.9. The molecule has 0 spiro atoms. The van der Waals surface area contributed by atoms with Crippen molar-refractivity contribution in [1.82, 2.24) is 9.88 Å². The second kappa shape index (κ2) is 8.16. The molecule has 158 valence electrons. The summed E-state index contributed by atoms with van der Waals surface area (Å²) < 4.78 is 6.12. The molecular formula is C22H19N3O3S3. The Balaban J connectivity index is 1.42. The summed E-state index contributed by atoms with van der Waals surface area (Å²) in [7, 11) is 3.42. The molecule has 0 bridgehead atoms. The Labute approximate surface area is 191 Å². The van der Waals surface area contributed by atoms with Gasteiger partial charge in [0.2, 0.25) is 0 Å². The summed E-state index contributed by atoms with van der Waals surface area (Å²) in [4.78, 5) is 35.0.